The Hall–Kier alpha value is -3.10. The lowest BCUT2D eigenvalue weighted by atomic mass is 9.97. The van der Waals surface area contributed by atoms with E-state index in [-0.39, 0.29) is 0 Å². The molecule has 4 aromatic rings. The summed E-state index contributed by atoms with van der Waals surface area (Å²) in [5.41, 5.74) is 7.12. The fraction of sp³-hybridized carbons (Fsp3) is 0.200. The average molecular weight is 330 g/mol. The van der Waals surface area contributed by atoms with E-state index in [1.807, 2.05) is 18.3 Å². The monoisotopic (exact) mass is 330 g/mol. The van der Waals surface area contributed by atoms with Crippen LogP contribution in [-0.4, -0.2) is 22.1 Å². The molecule has 2 aromatic heterocycles. The third-order valence-electron chi connectivity index (χ3n) is 4.55. The van der Waals surface area contributed by atoms with Crippen LogP contribution in [-0.2, 0) is 17.8 Å². The summed E-state index contributed by atoms with van der Waals surface area (Å²) in [7, 11) is 1.71. The van der Waals surface area contributed by atoms with Gasteiger partial charge in [-0.3, -0.25) is 0 Å². The van der Waals surface area contributed by atoms with E-state index in [4.69, 9.17) is 10.00 Å². The van der Waals surface area contributed by atoms with Crippen molar-refractivity contribution in [3.05, 3.63) is 64.6 Å². The summed E-state index contributed by atoms with van der Waals surface area (Å²) in [4.78, 5) is 11.4. The summed E-state index contributed by atoms with van der Waals surface area (Å²) in [5.74, 6) is 0.883. The van der Waals surface area contributed by atoms with Crippen LogP contribution in [0.4, 0.5) is 0 Å². The molecule has 124 valence electrons. The van der Waals surface area contributed by atoms with Gasteiger partial charge in [0.05, 0.1) is 29.3 Å². The molecule has 0 bridgehead atoms. The Labute approximate surface area is 145 Å². The molecule has 0 radical (unpaired) electrons. The predicted molar refractivity (Wildman–Crippen MR) is 97.4 cm³/mol. The summed E-state index contributed by atoms with van der Waals surface area (Å²) < 4.78 is 5.40. The Kier molecular flexibility index (Phi) is 3.75. The van der Waals surface area contributed by atoms with Gasteiger partial charge >= 0.3 is 0 Å². The zero-order valence-electron chi connectivity index (χ0n) is 14.2. The molecule has 4 rings (SSSR count). The van der Waals surface area contributed by atoms with E-state index in [9.17, 15) is 0 Å². The predicted octanol–water partition coefficient (Wildman–Crippen LogP) is 3.96. The second-order valence-electron chi connectivity index (χ2n) is 6.23. The Balaban J connectivity index is 1.82. The van der Waals surface area contributed by atoms with Crippen LogP contribution in [0.1, 0.15) is 28.1 Å². The summed E-state index contributed by atoms with van der Waals surface area (Å²) in [6, 6.07) is 12.0. The van der Waals surface area contributed by atoms with E-state index < -0.39 is 0 Å². The molecular formula is C20H18N4O. The highest BCUT2D eigenvalue weighted by Crippen LogP contribution is 2.28. The molecule has 0 atom stereocenters. The third kappa shape index (κ3) is 2.67. The maximum atomic E-state index is 9.05. The van der Waals surface area contributed by atoms with E-state index in [2.05, 4.69) is 40.1 Å². The van der Waals surface area contributed by atoms with Crippen molar-refractivity contribution in [2.45, 2.75) is 20.0 Å². The normalized spacial score (nSPS) is 11.2. The SMILES string of the molecule is COCc1cc(C)c2[nH]ccc2c1Cc1nc2cc(C#N)ccc2[nH]1. The van der Waals surface area contributed by atoms with E-state index >= 15 is 0 Å². The van der Waals surface area contributed by atoms with Crippen LogP contribution in [0.15, 0.2) is 36.5 Å². The van der Waals surface area contributed by atoms with Crippen LogP contribution in [0.25, 0.3) is 21.9 Å². The standard InChI is InChI=1S/C20H18N4O/c1-12-7-14(11-25-2)16(15-5-6-22-20(12)15)9-19-23-17-4-3-13(10-21)8-18(17)24-19/h3-8,22H,9,11H2,1-2H3,(H,23,24). The van der Waals surface area contributed by atoms with Gasteiger partial charge < -0.3 is 14.7 Å². The summed E-state index contributed by atoms with van der Waals surface area (Å²) >= 11 is 0. The van der Waals surface area contributed by atoms with Crippen molar-refractivity contribution < 1.29 is 4.74 Å². The summed E-state index contributed by atoms with van der Waals surface area (Å²) in [5, 5.41) is 10.2. The molecule has 0 unspecified atom stereocenters. The Morgan fingerprint density at radius 3 is 2.92 bits per heavy atom. The van der Waals surface area contributed by atoms with Crippen LogP contribution in [0.2, 0.25) is 0 Å². The van der Waals surface area contributed by atoms with Gasteiger partial charge in [0.15, 0.2) is 0 Å². The van der Waals surface area contributed by atoms with Crippen molar-refractivity contribution in [3.8, 4) is 6.07 Å². The zero-order valence-corrected chi connectivity index (χ0v) is 14.2. The number of aromatic nitrogens is 3. The fourth-order valence-electron chi connectivity index (χ4n) is 3.41. The smallest absolute Gasteiger partial charge is 0.111 e. The van der Waals surface area contributed by atoms with Gasteiger partial charge in [0.2, 0.25) is 0 Å². The molecule has 0 aliphatic heterocycles. The van der Waals surface area contributed by atoms with Crippen molar-refractivity contribution in [3.63, 3.8) is 0 Å². The Morgan fingerprint density at radius 1 is 1.24 bits per heavy atom. The number of benzene rings is 2. The van der Waals surface area contributed by atoms with Crippen LogP contribution in [0.3, 0.4) is 0 Å². The molecule has 25 heavy (non-hydrogen) atoms. The molecule has 0 aliphatic rings. The topological polar surface area (TPSA) is 77.5 Å². The molecule has 0 amide bonds. The van der Waals surface area contributed by atoms with Crippen LogP contribution < -0.4 is 0 Å². The van der Waals surface area contributed by atoms with Crippen molar-refractivity contribution in [2.75, 3.05) is 7.11 Å². The number of hydrogen-bond donors (Lipinski definition) is 2. The minimum atomic E-state index is 0.566. The van der Waals surface area contributed by atoms with Gasteiger partial charge in [0, 0.05) is 30.6 Å². The highest BCUT2D eigenvalue weighted by Gasteiger charge is 2.14. The van der Waals surface area contributed by atoms with Gasteiger partial charge in [-0.25, -0.2) is 4.98 Å². The highest BCUT2D eigenvalue weighted by atomic mass is 16.5. The number of methoxy groups -OCH3 is 1. The molecule has 2 aromatic carbocycles. The first-order chi connectivity index (χ1) is 12.2. The Bertz CT molecular complexity index is 1110. The molecule has 0 saturated carbocycles. The minimum absolute atomic E-state index is 0.566. The number of aryl methyl sites for hydroxylation is 1. The quantitative estimate of drug-likeness (QED) is 0.594. The van der Waals surface area contributed by atoms with Crippen molar-refractivity contribution >= 4 is 21.9 Å². The van der Waals surface area contributed by atoms with Crippen LogP contribution >= 0.6 is 0 Å². The number of nitrogens with one attached hydrogen (secondary N) is 2. The maximum absolute atomic E-state index is 9.05. The summed E-state index contributed by atoms with van der Waals surface area (Å²) in [6.07, 6.45) is 2.65. The molecule has 0 fully saturated rings. The molecule has 5 nitrogen and oxygen atoms in total. The van der Waals surface area contributed by atoms with Crippen LogP contribution in [0.5, 0.6) is 0 Å². The first-order valence-corrected chi connectivity index (χ1v) is 8.15. The van der Waals surface area contributed by atoms with Gasteiger partial charge in [0.25, 0.3) is 0 Å². The van der Waals surface area contributed by atoms with E-state index in [0.717, 1.165) is 22.4 Å². The average Bonchev–Trinajstić information content (AvgIpc) is 3.24. The number of ether oxygens (including phenoxy) is 1. The largest absolute Gasteiger partial charge is 0.380 e. The number of nitriles is 1. The lowest BCUT2D eigenvalue weighted by molar-refractivity contribution is 0.184. The van der Waals surface area contributed by atoms with Crippen LogP contribution in [0, 0.1) is 18.3 Å². The first-order valence-electron chi connectivity index (χ1n) is 8.15. The van der Waals surface area contributed by atoms with Crippen molar-refractivity contribution in [1.82, 2.24) is 15.0 Å². The van der Waals surface area contributed by atoms with Gasteiger partial charge in [-0.2, -0.15) is 5.26 Å². The van der Waals surface area contributed by atoms with Gasteiger partial charge in [-0.1, -0.05) is 6.07 Å². The second-order valence-corrected chi connectivity index (χ2v) is 6.23. The van der Waals surface area contributed by atoms with E-state index in [1.54, 1.807) is 13.2 Å². The number of H-pyrrole nitrogens is 2. The lowest BCUT2D eigenvalue weighted by Crippen LogP contribution is -2.01. The minimum Gasteiger partial charge on any atom is -0.380 e. The number of nitrogens with zero attached hydrogens (tertiary/aromatic N) is 2. The van der Waals surface area contributed by atoms with Crippen molar-refractivity contribution in [2.24, 2.45) is 0 Å². The maximum Gasteiger partial charge on any atom is 0.111 e. The third-order valence-corrected chi connectivity index (χ3v) is 4.55. The zero-order chi connectivity index (χ0) is 17.4. The van der Waals surface area contributed by atoms with Crippen molar-refractivity contribution in [1.29, 1.82) is 5.26 Å². The highest BCUT2D eigenvalue weighted by molar-refractivity contribution is 5.87. The van der Waals surface area contributed by atoms with Gasteiger partial charge in [-0.15, -0.1) is 0 Å². The number of fused-ring (bicyclic) bond motifs is 2. The number of imidazole rings is 1. The summed E-state index contributed by atoms with van der Waals surface area (Å²) in [6.45, 7) is 2.67. The number of aromatic amines is 2. The molecule has 5 heteroatoms. The molecular weight excluding hydrogens is 312 g/mol. The lowest BCUT2D eigenvalue weighted by Gasteiger charge is -2.12. The number of rotatable bonds is 4. The van der Waals surface area contributed by atoms with Gasteiger partial charge in [0.1, 0.15) is 5.82 Å². The van der Waals surface area contributed by atoms with Gasteiger partial charge in [-0.05, 0) is 47.9 Å². The Morgan fingerprint density at radius 2 is 2.12 bits per heavy atom. The molecule has 0 aliphatic carbocycles. The second kappa shape index (κ2) is 6.08. The molecule has 2 heterocycles. The van der Waals surface area contributed by atoms with E-state index in [1.165, 1.54) is 22.1 Å². The number of hydrogen-bond acceptors (Lipinski definition) is 3. The fourth-order valence-corrected chi connectivity index (χ4v) is 3.41. The molecule has 0 saturated heterocycles. The van der Waals surface area contributed by atoms with E-state index in [0.29, 0.717) is 18.6 Å². The molecule has 2 N–H and O–H groups in total. The molecule has 0 spiro atoms. The first kappa shape index (κ1) is 15.4.